The summed E-state index contributed by atoms with van der Waals surface area (Å²) < 4.78 is 45.5. The second-order valence-corrected chi connectivity index (χ2v) is 11.0. The molecule has 7 nitrogen and oxygen atoms in total. The standard InChI is InChI=1S/C23H22F3N4O3S2/c1-10-5-12(6-15(10)31)29-21-14(8-27-9-28-21)19(32)17-7-13(11(2)34-17)20-18-16(3-4-33-20)35-22(30-18)23(24,25)26/h7-10,12,15,20,31H,1,3-6H2,2H3,(H,27,28,29)/t10-,12-,15+,20+/m1/s1. The summed E-state index contributed by atoms with van der Waals surface area (Å²) in [7, 11) is 0. The van der Waals surface area contributed by atoms with E-state index in [4.69, 9.17) is 4.74 Å². The van der Waals surface area contributed by atoms with E-state index in [0.717, 1.165) is 4.88 Å². The molecule has 0 bridgehead atoms. The van der Waals surface area contributed by atoms with E-state index in [2.05, 4.69) is 27.2 Å². The van der Waals surface area contributed by atoms with Gasteiger partial charge in [-0.25, -0.2) is 15.0 Å². The van der Waals surface area contributed by atoms with Crippen molar-refractivity contribution in [1.82, 2.24) is 15.0 Å². The van der Waals surface area contributed by atoms with Gasteiger partial charge in [0.15, 0.2) is 5.01 Å². The van der Waals surface area contributed by atoms with E-state index >= 15 is 0 Å². The minimum absolute atomic E-state index is 0.0730. The summed E-state index contributed by atoms with van der Waals surface area (Å²) in [5, 5.41) is 12.3. The Morgan fingerprint density at radius 2 is 2.11 bits per heavy atom. The zero-order chi connectivity index (χ0) is 24.9. The van der Waals surface area contributed by atoms with Crippen LogP contribution in [0.25, 0.3) is 0 Å². The topological polar surface area (TPSA) is 97.2 Å². The van der Waals surface area contributed by atoms with Gasteiger partial charge in [0.1, 0.15) is 18.2 Å². The molecular weight excluding hydrogens is 501 g/mol. The van der Waals surface area contributed by atoms with Crippen molar-refractivity contribution in [2.24, 2.45) is 5.92 Å². The SMILES string of the molecule is [CH2][C@@H]1C[C@@H](Nc2ncncc2C(=O)c2cc([C@@H]3OCCc4sc(C(F)(F)F)nc43)c(C)s2)C[C@@H]1O. The van der Waals surface area contributed by atoms with Crippen molar-refractivity contribution in [1.29, 1.82) is 0 Å². The van der Waals surface area contributed by atoms with Crippen molar-refractivity contribution in [3.05, 3.63) is 62.0 Å². The predicted octanol–water partition coefficient (Wildman–Crippen LogP) is 4.60. The first-order chi connectivity index (χ1) is 16.6. The van der Waals surface area contributed by atoms with Crippen LogP contribution in [0.4, 0.5) is 19.0 Å². The average molecular weight is 524 g/mol. The number of carbonyl (C=O) groups excluding carboxylic acids is 1. The smallest absolute Gasteiger partial charge is 0.393 e. The van der Waals surface area contributed by atoms with E-state index in [1.54, 1.807) is 13.0 Å². The fourth-order valence-electron chi connectivity index (χ4n) is 4.48. The van der Waals surface area contributed by atoms with E-state index in [1.165, 1.54) is 23.9 Å². The van der Waals surface area contributed by atoms with Crippen LogP contribution in [0.3, 0.4) is 0 Å². The van der Waals surface area contributed by atoms with E-state index in [9.17, 15) is 23.1 Å². The number of anilines is 1. The third kappa shape index (κ3) is 4.72. The number of rotatable bonds is 5. The summed E-state index contributed by atoms with van der Waals surface area (Å²) in [6.07, 6.45) is -1.49. The van der Waals surface area contributed by atoms with Crippen molar-refractivity contribution >= 4 is 34.3 Å². The molecule has 4 atom stereocenters. The highest BCUT2D eigenvalue weighted by molar-refractivity contribution is 7.14. The Bertz CT molecular complexity index is 1250. The van der Waals surface area contributed by atoms with Crippen molar-refractivity contribution in [3.63, 3.8) is 0 Å². The predicted molar refractivity (Wildman–Crippen MR) is 125 cm³/mol. The van der Waals surface area contributed by atoms with Crippen LogP contribution < -0.4 is 5.32 Å². The van der Waals surface area contributed by atoms with Gasteiger partial charge in [0.2, 0.25) is 5.78 Å². The molecule has 0 unspecified atom stereocenters. The Labute approximate surface area is 207 Å². The number of hydrogen-bond acceptors (Lipinski definition) is 9. The van der Waals surface area contributed by atoms with Gasteiger partial charge in [-0.05, 0) is 38.7 Å². The largest absolute Gasteiger partial charge is 0.443 e. The minimum Gasteiger partial charge on any atom is -0.393 e. The number of thiophene rings is 1. The van der Waals surface area contributed by atoms with Crippen LogP contribution in [0.1, 0.15) is 60.2 Å². The first-order valence-electron chi connectivity index (χ1n) is 11.0. The van der Waals surface area contributed by atoms with Gasteiger partial charge in [-0.1, -0.05) is 0 Å². The molecular formula is C23H22F3N4O3S2. The number of fused-ring (bicyclic) bond motifs is 1. The number of alkyl halides is 3. The molecule has 12 heteroatoms. The van der Waals surface area contributed by atoms with E-state index < -0.39 is 23.4 Å². The zero-order valence-electron chi connectivity index (χ0n) is 18.6. The number of ketones is 1. The quantitative estimate of drug-likeness (QED) is 0.472. The van der Waals surface area contributed by atoms with Crippen molar-refractivity contribution < 1.29 is 27.8 Å². The number of hydrogen-bond donors (Lipinski definition) is 2. The maximum absolute atomic E-state index is 13.4. The van der Waals surface area contributed by atoms with Gasteiger partial charge in [-0.3, -0.25) is 4.79 Å². The highest BCUT2D eigenvalue weighted by Crippen LogP contribution is 2.43. The monoisotopic (exact) mass is 523 g/mol. The Morgan fingerprint density at radius 3 is 2.83 bits per heavy atom. The molecule has 4 heterocycles. The summed E-state index contributed by atoms with van der Waals surface area (Å²) in [5.74, 6) is -0.0307. The Morgan fingerprint density at radius 1 is 1.31 bits per heavy atom. The molecule has 1 saturated carbocycles. The lowest BCUT2D eigenvalue weighted by Crippen LogP contribution is -2.20. The van der Waals surface area contributed by atoms with Crippen LogP contribution in [0.5, 0.6) is 0 Å². The lowest BCUT2D eigenvalue weighted by atomic mass is 10.0. The summed E-state index contributed by atoms with van der Waals surface area (Å²) >= 11 is 1.89. The van der Waals surface area contributed by atoms with Crippen LogP contribution in [0.2, 0.25) is 0 Å². The van der Waals surface area contributed by atoms with Gasteiger partial charge < -0.3 is 15.2 Å². The second kappa shape index (κ2) is 9.23. The first kappa shape index (κ1) is 24.3. The lowest BCUT2D eigenvalue weighted by Gasteiger charge is -2.22. The molecule has 5 rings (SSSR count). The molecule has 185 valence electrons. The van der Waals surface area contributed by atoms with E-state index in [1.807, 2.05) is 0 Å². The van der Waals surface area contributed by atoms with Gasteiger partial charge in [0, 0.05) is 34.0 Å². The van der Waals surface area contributed by atoms with Crippen LogP contribution in [-0.4, -0.2) is 44.6 Å². The number of halogens is 3. The lowest BCUT2D eigenvalue weighted by molar-refractivity contribution is -0.137. The third-order valence-corrected chi connectivity index (χ3v) is 8.49. The molecule has 2 N–H and O–H groups in total. The first-order valence-corrected chi connectivity index (χ1v) is 12.7. The van der Waals surface area contributed by atoms with Crippen molar-refractivity contribution in [2.45, 2.75) is 50.6 Å². The molecule has 1 radical (unpaired) electrons. The number of aromatic nitrogens is 3. The molecule has 0 amide bonds. The molecule has 0 saturated heterocycles. The number of thiazole rings is 1. The molecule has 35 heavy (non-hydrogen) atoms. The van der Waals surface area contributed by atoms with Crippen LogP contribution >= 0.6 is 22.7 Å². The van der Waals surface area contributed by atoms with E-state index in [0.29, 0.717) is 51.7 Å². The molecule has 1 fully saturated rings. The highest BCUT2D eigenvalue weighted by Gasteiger charge is 2.39. The van der Waals surface area contributed by atoms with Crippen LogP contribution in [-0.2, 0) is 17.3 Å². The van der Waals surface area contributed by atoms with E-state index in [-0.39, 0.29) is 35.6 Å². The number of nitrogens with zero attached hydrogens (tertiary/aromatic N) is 3. The highest BCUT2D eigenvalue weighted by atomic mass is 32.1. The van der Waals surface area contributed by atoms with Gasteiger partial charge in [-0.15, -0.1) is 22.7 Å². The van der Waals surface area contributed by atoms with Gasteiger partial charge >= 0.3 is 6.18 Å². The Balaban J connectivity index is 1.43. The van der Waals surface area contributed by atoms with Gasteiger partial charge in [0.25, 0.3) is 0 Å². The second-order valence-electron chi connectivity index (χ2n) is 8.70. The molecule has 1 aliphatic carbocycles. The maximum Gasteiger partial charge on any atom is 0.443 e. The summed E-state index contributed by atoms with van der Waals surface area (Å²) in [5.41, 5.74) is 1.17. The fraction of sp³-hybridized carbons (Fsp3) is 0.435. The number of ether oxygens (including phenoxy) is 1. The van der Waals surface area contributed by atoms with Crippen molar-refractivity contribution in [3.8, 4) is 0 Å². The number of aliphatic hydroxyl groups excluding tert-OH is 1. The van der Waals surface area contributed by atoms with Crippen LogP contribution in [0, 0.1) is 19.8 Å². The Kier molecular flexibility index (Phi) is 6.41. The van der Waals surface area contributed by atoms with Crippen molar-refractivity contribution in [2.75, 3.05) is 11.9 Å². The molecule has 0 aromatic carbocycles. The molecule has 1 aliphatic heterocycles. The molecule has 0 spiro atoms. The fourth-order valence-corrected chi connectivity index (χ4v) is 6.42. The number of aliphatic hydroxyl groups is 1. The van der Waals surface area contributed by atoms with Crippen LogP contribution in [0.15, 0.2) is 18.6 Å². The molecule has 3 aromatic heterocycles. The average Bonchev–Trinajstić information content (AvgIpc) is 3.50. The maximum atomic E-state index is 13.4. The number of carbonyl (C=O) groups is 1. The molecule has 3 aromatic rings. The third-order valence-electron chi connectivity index (χ3n) is 6.25. The van der Waals surface area contributed by atoms with Gasteiger partial charge in [-0.2, -0.15) is 13.2 Å². The molecule has 2 aliphatic rings. The number of nitrogens with one attached hydrogen (secondary N) is 1. The minimum atomic E-state index is -4.52. The zero-order valence-corrected chi connectivity index (χ0v) is 20.3. The summed E-state index contributed by atoms with van der Waals surface area (Å²) in [6, 6.07) is 1.59. The van der Waals surface area contributed by atoms with Gasteiger partial charge in [0.05, 0.1) is 28.8 Å². The number of aryl methyl sites for hydroxylation is 1. The Hall–Kier alpha value is -2.41. The summed E-state index contributed by atoms with van der Waals surface area (Å²) in [4.78, 5) is 27.2. The summed E-state index contributed by atoms with van der Waals surface area (Å²) in [6.45, 7) is 6.02. The normalized spacial score (nSPS) is 24.4.